The molecule has 4 fully saturated rings. The average Bonchev–Trinajstić information content (AvgIpc) is 2.12. The molecule has 0 aromatic carbocycles. The molecule has 4 saturated heterocycles. The van der Waals surface area contributed by atoms with E-state index in [1.807, 2.05) is 0 Å². The van der Waals surface area contributed by atoms with Crippen molar-refractivity contribution in [2.75, 3.05) is 0 Å². The molecule has 0 N–H and O–H groups in total. The molecule has 4 heterocycles. The molecule has 4 rings (SSSR count). The molecule has 7 heteroatoms. The monoisotopic (exact) mass is 204 g/mol. The van der Waals surface area contributed by atoms with Crippen molar-refractivity contribution in [3.8, 4) is 0 Å². The number of fused-ring (bicyclic) bond motifs is 10. The van der Waals surface area contributed by atoms with Crippen molar-refractivity contribution >= 4 is 85.8 Å². The first-order chi connectivity index (χ1) is 2.98. The van der Waals surface area contributed by atoms with Gasteiger partial charge in [-0.1, -0.05) is 0 Å². The van der Waals surface area contributed by atoms with Crippen LogP contribution >= 0.6 is 0 Å². The Balaban J connectivity index is 0.000000200. The van der Waals surface area contributed by atoms with Crippen LogP contribution in [0.1, 0.15) is 0 Å². The van der Waals surface area contributed by atoms with Gasteiger partial charge in [-0.15, -0.1) is 0 Å². The van der Waals surface area contributed by atoms with Crippen LogP contribution in [0.3, 0.4) is 0 Å². The van der Waals surface area contributed by atoms with Gasteiger partial charge in [0.25, 0.3) is 0 Å². The maximum Gasteiger partial charge on any atom is 2.00 e. The van der Waals surface area contributed by atoms with Gasteiger partial charge in [0.2, 0.25) is 0 Å². The first-order valence-electron chi connectivity index (χ1n) is 3.33. The van der Waals surface area contributed by atoms with Crippen LogP contribution in [0.15, 0.2) is 0 Å². The quantitative estimate of drug-likeness (QED) is 0.376. The molecular weight excluding hydrogens is 202 g/mol. The fourth-order valence-corrected chi connectivity index (χ4v) is 5.80. The number of rotatable bonds is 0. The Morgan fingerprint density at radius 2 is 1.00 bits per heavy atom. The predicted molar refractivity (Wildman–Crippen MR) is 40.3 cm³/mol. The van der Waals surface area contributed by atoms with Gasteiger partial charge in [0.15, 0.2) is 0 Å². The molecule has 0 aromatic heterocycles. The van der Waals surface area contributed by atoms with Gasteiger partial charge in [-0.3, -0.25) is 11.4 Å². The smallest absolute Gasteiger partial charge is 0.364 e. The Morgan fingerprint density at radius 1 is 0.714 bits per heavy atom. The third-order valence-corrected chi connectivity index (χ3v) is 5.66. The standard InChI is InChI=1S/B6.Ba/c1-2-5(1)3-4(5)6(1,2)3;/q-2;+2. The summed E-state index contributed by atoms with van der Waals surface area (Å²) >= 11 is 0. The third kappa shape index (κ3) is 0.113. The zero-order valence-corrected chi connectivity index (χ0v) is 8.61. The Hall–Kier alpha value is 1.96. The molecule has 0 bridgehead atoms. The van der Waals surface area contributed by atoms with E-state index in [2.05, 4.69) is 0 Å². The fourth-order valence-electron chi connectivity index (χ4n) is 5.80. The van der Waals surface area contributed by atoms with E-state index in [4.69, 9.17) is 0 Å². The summed E-state index contributed by atoms with van der Waals surface area (Å²) in [4.78, 5) is 0. The second-order valence-corrected chi connectivity index (χ2v) is 4.62. The van der Waals surface area contributed by atoms with E-state index in [0.717, 1.165) is 0 Å². The van der Waals surface area contributed by atoms with Gasteiger partial charge in [0, 0.05) is 0 Å². The summed E-state index contributed by atoms with van der Waals surface area (Å²) in [6.45, 7) is 0. The maximum atomic E-state index is 1.50. The molecule has 4 aliphatic rings. The SMILES string of the molecule is B12B3[B-]14B1B4[B-]231.[Ba+2]. The van der Waals surface area contributed by atoms with Gasteiger partial charge in [0.1, 0.15) is 0 Å². The van der Waals surface area contributed by atoms with E-state index in [1.54, 1.807) is 0 Å². The minimum atomic E-state index is 0. The summed E-state index contributed by atoms with van der Waals surface area (Å²) in [5, 5.41) is 0. The van der Waals surface area contributed by atoms with E-state index < -0.39 is 0 Å². The molecule has 0 atom stereocenters. The summed E-state index contributed by atoms with van der Waals surface area (Å²) in [5.41, 5.74) is 1.33. The van der Waals surface area contributed by atoms with Crippen molar-refractivity contribution in [2.45, 2.75) is 0 Å². The van der Waals surface area contributed by atoms with Crippen LogP contribution < -0.4 is 0 Å². The maximum absolute atomic E-state index is 1.50. The molecular formula is B6Ba. The molecule has 0 amide bonds. The van der Waals surface area contributed by atoms with Gasteiger partial charge >= 0.3 is 48.9 Å². The molecule has 0 aromatic rings. The molecule has 2 spiro atoms. The summed E-state index contributed by atoms with van der Waals surface area (Å²) < 4.78 is 0. The van der Waals surface area contributed by atoms with E-state index in [0.29, 0.717) is 11.4 Å². The Morgan fingerprint density at radius 3 is 1.00 bits per heavy atom. The molecule has 0 saturated carbocycles. The summed E-state index contributed by atoms with van der Waals surface area (Å²) in [6.07, 6.45) is 6.00. The van der Waals surface area contributed by atoms with Crippen LogP contribution in [0.2, 0.25) is 0 Å². The van der Waals surface area contributed by atoms with Crippen molar-refractivity contribution < 1.29 is 0 Å². The van der Waals surface area contributed by atoms with Crippen LogP contribution in [-0.2, 0) is 0 Å². The third-order valence-electron chi connectivity index (χ3n) is 5.66. The summed E-state index contributed by atoms with van der Waals surface area (Å²) in [6, 6.07) is 0. The van der Waals surface area contributed by atoms with Gasteiger partial charge in [-0.2, -0.15) is 0 Å². The van der Waals surface area contributed by atoms with Crippen LogP contribution in [0, 0.1) is 0 Å². The van der Waals surface area contributed by atoms with Crippen molar-refractivity contribution in [2.24, 2.45) is 0 Å². The zero-order valence-electron chi connectivity index (χ0n) is 4.17. The topological polar surface area (TPSA) is 0 Å². The van der Waals surface area contributed by atoms with Gasteiger partial charge < -0.3 is 25.5 Å². The van der Waals surface area contributed by atoms with E-state index >= 15 is 0 Å². The Kier molecular flexibility index (Phi) is 0.325. The van der Waals surface area contributed by atoms with Crippen LogP contribution in [0.4, 0.5) is 0 Å². The molecule has 0 nitrogen and oxygen atoms in total. The number of hydrogen-bond acceptors (Lipinski definition) is 0. The molecule has 0 unspecified atom stereocenters. The van der Waals surface area contributed by atoms with Crippen molar-refractivity contribution in [1.29, 1.82) is 0 Å². The predicted octanol–water partition coefficient (Wildman–Crippen LogP) is -2.67. The van der Waals surface area contributed by atoms with E-state index in [-0.39, 0.29) is 48.9 Å². The van der Waals surface area contributed by atoms with E-state index in [9.17, 15) is 0 Å². The van der Waals surface area contributed by atoms with Crippen molar-refractivity contribution in [1.82, 2.24) is 0 Å². The second-order valence-electron chi connectivity index (χ2n) is 4.62. The number of hydrogen-bond donors (Lipinski definition) is 0. The molecule has 0 radical (unpaired) electrons. The van der Waals surface area contributed by atoms with Gasteiger partial charge in [-0.25, -0.2) is 0 Å². The summed E-state index contributed by atoms with van der Waals surface area (Å²) in [7, 11) is 0. The van der Waals surface area contributed by atoms with Crippen LogP contribution in [-0.4, -0.2) is 85.8 Å². The summed E-state index contributed by atoms with van der Waals surface area (Å²) in [5.74, 6) is 0. The normalized spacial score (nSPS) is 48.0. The molecule has 20 valence electrons. The average molecular weight is 202 g/mol. The molecule has 0 aliphatic carbocycles. The van der Waals surface area contributed by atoms with Gasteiger partial charge in [-0.05, 0) is 0 Å². The Labute approximate surface area is 84.4 Å². The minimum Gasteiger partial charge on any atom is -0.364 e. The van der Waals surface area contributed by atoms with Gasteiger partial charge in [0.05, 0.1) is 0 Å². The van der Waals surface area contributed by atoms with Crippen molar-refractivity contribution in [3.05, 3.63) is 0 Å². The fraction of sp³-hybridized carbons (Fsp3) is 0. The molecule has 7 heavy (non-hydrogen) atoms. The first-order valence-corrected chi connectivity index (χ1v) is 3.33. The second kappa shape index (κ2) is 0.572. The zero-order chi connectivity index (χ0) is 3.31. The van der Waals surface area contributed by atoms with Crippen LogP contribution in [0.25, 0.3) is 0 Å². The first kappa shape index (κ1) is 3.97. The molecule has 4 aliphatic heterocycles. The largest absolute Gasteiger partial charge is 2.00 e. The Bertz CT molecular complexity index is 149. The van der Waals surface area contributed by atoms with E-state index in [1.165, 1.54) is 25.5 Å². The van der Waals surface area contributed by atoms with Crippen LogP contribution in [0.5, 0.6) is 0 Å². The van der Waals surface area contributed by atoms with Crippen molar-refractivity contribution in [3.63, 3.8) is 0 Å². The minimum absolute atomic E-state index is 0.